The molecule has 0 amide bonds. The van der Waals surface area contributed by atoms with Crippen LogP contribution in [0.3, 0.4) is 0 Å². The zero-order valence-electron chi connectivity index (χ0n) is 9.24. The first-order chi connectivity index (χ1) is 8.13. The van der Waals surface area contributed by atoms with E-state index >= 15 is 0 Å². The molecule has 0 atom stereocenters. The van der Waals surface area contributed by atoms with Gasteiger partial charge in [0.15, 0.2) is 11.3 Å². The maximum atomic E-state index is 9.94. The predicted octanol–water partition coefficient (Wildman–Crippen LogP) is 2.04. The number of phenolic OH excluding ortho intramolecular Hbond substituents is 2. The van der Waals surface area contributed by atoms with Crippen LogP contribution in [0.4, 0.5) is 0 Å². The van der Waals surface area contributed by atoms with Gasteiger partial charge in [-0.2, -0.15) is 0 Å². The van der Waals surface area contributed by atoms with Crippen LogP contribution in [0.15, 0.2) is 10.5 Å². The molecule has 17 heavy (non-hydrogen) atoms. The lowest BCUT2D eigenvalue weighted by atomic mass is 10.1. The molecule has 6 heteroatoms. The van der Waals surface area contributed by atoms with Crippen LogP contribution >= 0.6 is 0 Å². The van der Waals surface area contributed by atoms with E-state index in [1.54, 1.807) is 0 Å². The Morgan fingerprint density at radius 2 is 2.12 bits per heavy atom. The van der Waals surface area contributed by atoms with Crippen LogP contribution in [-0.2, 0) is 0 Å². The second-order valence-electron chi connectivity index (χ2n) is 3.78. The lowest BCUT2D eigenvalue weighted by Crippen LogP contribution is -1.84. The second kappa shape index (κ2) is 3.07. The molecule has 2 aromatic heterocycles. The highest BCUT2D eigenvalue weighted by Gasteiger charge is 2.21. The van der Waals surface area contributed by atoms with Crippen molar-refractivity contribution in [2.45, 2.75) is 6.92 Å². The van der Waals surface area contributed by atoms with Gasteiger partial charge >= 0.3 is 0 Å². The van der Waals surface area contributed by atoms with Gasteiger partial charge in [-0.25, -0.2) is 0 Å². The zero-order chi connectivity index (χ0) is 12.2. The molecule has 3 N–H and O–H groups in total. The number of aromatic amines is 1. The smallest absolute Gasteiger partial charge is 0.246 e. The summed E-state index contributed by atoms with van der Waals surface area (Å²) in [6.07, 6.45) is 0. The molecule has 0 fully saturated rings. The van der Waals surface area contributed by atoms with Crippen molar-refractivity contribution >= 4 is 22.1 Å². The van der Waals surface area contributed by atoms with Gasteiger partial charge in [-0.3, -0.25) is 5.10 Å². The number of nitrogens with one attached hydrogen (secondary N) is 1. The SMILES string of the molecule is COc1cc(O)c2c(oc3n[nH]c(C)c32)c1O. The van der Waals surface area contributed by atoms with Gasteiger partial charge < -0.3 is 19.4 Å². The normalized spacial score (nSPS) is 11.4. The minimum absolute atomic E-state index is 0.0158. The van der Waals surface area contributed by atoms with Crippen molar-refractivity contribution in [3.8, 4) is 17.2 Å². The van der Waals surface area contributed by atoms with E-state index in [1.165, 1.54) is 13.2 Å². The number of furan rings is 1. The summed E-state index contributed by atoms with van der Waals surface area (Å²) in [4.78, 5) is 0. The summed E-state index contributed by atoms with van der Waals surface area (Å²) in [5, 5.41) is 27.7. The fourth-order valence-electron chi connectivity index (χ4n) is 1.98. The molecule has 0 unspecified atom stereocenters. The standard InChI is InChI=1S/C11H10N2O4/c1-4-7-8-5(14)3-6(16-2)9(15)10(8)17-11(7)13-12-4/h3,14-15H,1-2H3,(H,12,13). The van der Waals surface area contributed by atoms with Gasteiger partial charge in [0.2, 0.25) is 11.5 Å². The molecule has 3 aromatic rings. The van der Waals surface area contributed by atoms with E-state index in [9.17, 15) is 10.2 Å². The van der Waals surface area contributed by atoms with Gasteiger partial charge in [0.05, 0.1) is 17.9 Å². The third-order valence-corrected chi connectivity index (χ3v) is 2.78. The fraction of sp³-hybridized carbons (Fsp3) is 0.182. The number of hydrogen-bond donors (Lipinski definition) is 3. The molecule has 0 saturated heterocycles. The topological polar surface area (TPSA) is 91.5 Å². The first-order valence-corrected chi connectivity index (χ1v) is 4.99. The number of fused-ring (bicyclic) bond motifs is 3. The number of phenols is 2. The quantitative estimate of drug-likeness (QED) is 0.560. The Kier molecular flexibility index (Phi) is 1.77. The van der Waals surface area contributed by atoms with E-state index in [0.717, 1.165) is 5.69 Å². The van der Waals surface area contributed by atoms with Crippen molar-refractivity contribution in [3.63, 3.8) is 0 Å². The number of hydrogen-bond acceptors (Lipinski definition) is 5. The summed E-state index contributed by atoms with van der Waals surface area (Å²) in [5.41, 5.74) is 1.28. The Bertz CT molecular complexity index is 726. The van der Waals surface area contributed by atoms with Crippen molar-refractivity contribution in [1.82, 2.24) is 10.2 Å². The highest BCUT2D eigenvalue weighted by molar-refractivity contribution is 6.10. The molecule has 0 aliphatic carbocycles. The summed E-state index contributed by atoms with van der Waals surface area (Å²) in [7, 11) is 1.40. The number of methoxy groups -OCH3 is 1. The largest absolute Gasteiger partial charge is 0.507 e. The minimum Gasteiger partial charge on any atom is -0.507 e. The van der Waals surface area contributed by atoms with Crippen molar-refractivity contribution in [2.24, 2.45) is 0 Å². The Morgan fingerprint density at radius 1 is 1.35 bits per heavy atom. The van der Waals surface area contributed by atoms with Gasteiger partial charge in [-0.15, -0.1) is 5.10 Å². The van der Waals surface area contributed by atoms with E-state index in [4.69, 9.17) is 9.15 Å². The third-order valence-electron chi connectivity index (χ3n) is 2.78. The molecule has 0 saturated carbocycles. The summed E-state index contributed by atoms with van der Waals surface area (Å²) >= 11 is 0. The maximum Gasteiger partial charge on any atom is 0.246 e. The Labute approximate surface area is 95.4 Å². The monoisotopic (exact) mass is 234 g/mol. The average Bonchev–Trinajstić information content (AvgIpc) is 2.84. The number of aromatic hydroxyl groups is 2. The first-order valence-electron chi connectivity index (χ1n) is 4.99. The molecule has 3 rings (SSSR count). The first kappa shape index (κ1) is 9.83. The van der Waals surface area contributed by atoms with E-state index in [-0.39, 0.29) is 22.8 Å². The number of H-pyrrole nitrogens is 1. The Balaban J connectivity index is 2.57. The van der Waals surface area contributed by atoms with Crippen molar-refractivity contribution < 1.29 is 19.4 Å². The highest BCUT2D eigenvalue weighted by atomic mass is 16.5. The highest BCUT2D eigenvalue weighted by Crippen LogP contribution is 2.45. The lowest BCUT2D eigenvalue weighted by Gasteiger charge is -2.04. The summed E-state index contributed by atoms with van der Waals surface area (Å²) in [6.45, 7) is 1.81. The number of aromatic nitrogens is 2. The van der Waals surface area contributed by atoms with Crippen molar-refractivity contribution in [1.29, 1.82) is 0 Å². The molecule has 0 bridgehead atoms. The summed E-state index contributed by atoms with van der Waals surface area (Å²) in [5.74, 6) is 0.00337. The number of nitrogens with zero attached hydrogens (tertiary/aromatic N) is 1. The molecular weight excluding hydrogens is 224 g/mol. The molecule has 1 aromatic carbocycles. The van der Waals surface area contributed by atoms with Crippen molar-refractivity contribution in [3.05, 3.63) is 11.8 Å². The lowest BCUT2D eigenvalue weighted by molar-refractivity contribution is 0.368. The number of benzene rings is 1. The molecule has 0 spiro atoms. The number of aryl methyl sites for hydroxylation is 1. The molecule has 0 radical (unpaired) electrons. The predicted molar refractivity (Wildman–Crippen MR) is 60.5 cm³/mol. The van der Waals surface area contributed by atoms with Crippen molar-refractivity contribution in [2.75, 3.05) is 7.11 Å². The molecule has 0 aliphatic heterocycles. The Morgan fingerprint density at radius 3 is 2.82 bits per heavy atom. The molecule has 88 valence electrons. The zero-order valence-corrected chi connectivity index (χ0v) is 9.24. The van der Waals surface area contributed by atoms with Crippen LogP contribution in [0.25, 0.3) is 22.1 Å². The Hall–Kier alpha value is -2.37. The molecule has 0 aliphatic rings. The van der Waals surface area contributed by atoms with Crippen LogP contribution in [0.1, 0.15) is 5.69 Å². The number of rotatable bonds is 1. The van der Waals surface area contributed by atoms with Crippen LogP contribution < -0.4 is 4.74 Å². The fourth-order valence-corrected chi connectivity index (χ4v) is 1.98. The molecule has 2 heterocycles. The third kappa shape index (κ3) is 1.12. The van der Waals surface area contributed by atoms with E-state index in [1.807, 2.05) is 6.92 Å². The van der Waals surface area contributed by atoms with Crippen LogP contribution in [0.2, 0.25) is 0 Å². The summed E-state index contributed by atoms with van der Waals surface area (Å²) < 4.78 is 10.3. The second-order valence-corrected chi connectivity index (χ2v) is 3.78. The minimum atomic E-state index is -0.141. The van der Waals surface area contributed by atoms with Gasteiger partial charge in [-0.1, -0.05) is 0 Å². The van der Waals surface area contributed by atoms with E-state index in [0.29, 0.717) is 16.5 Å². The molecule has 6 nitrogen and oxygen atoms in total. The van der Waals surface area contributed by atoms with Gasteiger partial charge in [0.25, 0.3) is 0 Å². The van der Waals surface area contributed by atoms with E-state index < -0.39 is 0 Å². The maximum absolute atomic E-state index is 9.94. The molecular formula is C11H10N2O4. The summed E-state index contributed by atoms with van der Waals surface area (Å²) in [6, 6.07) is 1.35. The number of ether oxygens (including phenoxy) is 1. The van der Waals surface area contributed by atoms with Gasteiger partial charge in [0, 0.05) is 11.8 Å². The van der Waals surface area contributed by atoms with Gasteiger partial charge in [-0.05, 0) is 6.92 Å². The van der Waals surface area contributed by atoms with Crippen LogP contribution in [0.5, 0.6) is 17.2 Å². The average molecular weight is 234 g/mol. The van der Waals surface area contributed by atoms with Crippen LogP contribution in [0, 0.1) is 6.92 Å². The van der Waals surface area contributed by atoms with Crippen LogP contribution in [-0.4, -0.2) is 27.5 Å². The van der Waals surface area contributed by atoms with E-state index in [2.05, 4.69) is 10.2 Å². The van der Waals surface area contributed by atoms with Gasteiger partial charge in [0.1, 0.15) is 5.75 Å².